The van der Waals surface area contributed by atoms with Gasteiger partial charge in [0.25, 0.3) is 0 Å². The number of fused-ring (bicyclic) bond motifs is 1. The van der Waals surface area contributed by atoms with Crippen LogP contribution in [0.3, 0.4) is 0 Å². The highest BCUT2D eigenvalue weighted by Crippen LogP contribution is 2.20. The van der Waals surface area contributed by atoms with Gasteiger partial charge in [-0.15, -0.1) is 0 Å². The van der Waals surface area contributed by atoms with Gasteiger partial charge in [-0.3, -0.25) is 5.10 Å². The number of para-hydroxylation sites is 1. The van der Waals surface area contributed by atoms with Gasteiger partial charge in [-0.1, -0.05) is 31.5 Å². The van der Waals surface area contributed by atoms with Gasteiger partial charge >= 0.3 is 0 Å². The van der Waals surface area contributed by atoms with Crippen LogP contribution in [0.2, 0.25) is 0 Å². The average molecular weight is 331 g/mol. The number of rotatable bonds is 6. The number of benzene rings is 2. The Balaban J connectivity index is 1.58. The van der Waals surface area contributed by atoms with Crippen LogP contribution in [0.1, 0.15) is 24.6 Å². The van der Waals surface area contributed by atoms with E-state index >= 15 is 0 Å². The zero-order valence-corrected chi connectivity index (χ0v) is 14.2. The van der Waals surface area contributed by atoms with Crippen molar-refractivity contribution in [3.05, 3.63) is 72.2 Å². The summed E-state index contributed by atoms with van der Waals surface area (Å²) in [6.07, 6.45) is 5.91. The molecule has 0 bridgehead atoms. The van der Waals surface area contributed by atoms with Crippen molar-refractivity contribution in [3.63, 3.8) is 0 Å². The van der Waals surface area contributed by atoms with E-state index in [1.165, 1.54) is 11.3 Å². The largest absolute Gasteiger partial charge is 0.381 e. The third-order valence-electron chi connectivity index (χ3n) is 4.37. The fourth-order valence-electron chi connectivity index (χ4n) is 3.10. The number of nitrogens with zero attached hydrogens (tertiary/aromatic N) is 3. The monoisotopic (exact) mass is 331 g/mol. The zero-order chi connectivity index (χ0) is 17.1. The summed E-state index contributed by atoms with van der Waals surface area (Å²) >= 11 is 0. The summed E-state index contributed by atoms with van der Waals surface area (Å²) in [5.41, 5.74) is 5.75. The number of H-pyrrole nitrogens is 1. The lowest BCUT2D eigenvalue weighted by Crippen LogP contribution is -2.06. The summed E-state index contributed by atoms with van der Waals surface area (Å²) in [7, 11) is 0. The van der Waals surface area contributed by atoms with Crippen LogP contribution in [0, 0.1) is 0 Å². The van der Waals surface area contributed by atoms with Gasteiger partial charge in [-0.2, -0.15) is 10.2 Å². The van der Waals surface area contributed by atoms with Crippen LogP contribution < -0.4 is 5.32 Å². The maximum Gasteiger partial charge on any atom is 0.0651 e. The lowest BCUT2D eigenvalue weighted by atomic mass is 10.1. The van der Waals surface area contributed by atoms with E-state index in [9.17, 15) is 0 Å². The molecular weight excluding hydrogens is 310 g/mol. The predicted octanol–water partition coefficient (Wildman–Crippen LogP) is 4.31. The predicted molar refractivity (Wildman–Crippen MR) is 101 cm³/mol. The highest BCUT2D eigenvalue weighted by Gasteiger charge is 2.11. The molecule has 5 heteroatoms. The quantitative estimate of drug-likeness (QED) is 0.553. The maximum absolute atomic E-state index is 4.62. The van der Waals surface area contributed by atoms with E-state index in [4.69, 9.17) is 0 Å². The van der Waals surface area contributed by atoms with Crippen molar-refractivity contribution in [2.75, 3.05) is 5.32 Å². The van der Waals surface area contributed by atoms with Gasteiger partial charge in [0.2, 0.25) is 0 Å². The summed E-state index contributed by atoms with van der Waals surface area (Å²) in [6, 6.07) is 16.5. The minimum Gasteiger partial charge on any atom is -0.381 e. The molecular formula is C20H21N5. The first-order chi connectivity index (χ1) is 12.3. The van der Waals surface area contributed by atoms with Gasteiger partial charge in [0.15, 0.2) is 0 Å². The topological polar surface area (TPSA) is 58.5 Å². The van der Waals surface area contributed by atoms with Crippen LogP contribution in [0.15, 0.2) is 60.9 Å². The average Bonchev–Trinajstić information content (AvgIpc) is 3.27. The molecule has 0 amide bonds. The summed E-state index contributed by atoms with van der Waals surface area (Å²) in [6.45, 7) is 2.96. The van der Waals surface area contributed by atoms with Crippen LogP contribution in [0.4, 0.5) is 5.69 Å². The van der Waals surface area contributed by atoms with Crippen LogP contribution in [-0.2, 0) is 13.0 Å². The van der Waals surface area contributed by atoms with E-state index < -0.39 is 0 Å². The standard InChI is InChI=1S/C20H21N5/c1-2-6-20-16(14-23-25(20)18-7-4-3-5-8-18)12-21-17-9-10-19-15(11-17)13-22-24-19/h3-5,7-11,13-14,21H,2,6,12H2,1H3,(H,22,24). The first-order valence-corrected chi connectivity index (χ1v) is 8.63. The third kappa shape index (κ3) is 3.13. The second-order valence-corrected chi connectivity index (χ2v) is 6.14. The molecule has 5 nitrogen and oxygen atoms in total. The summed E-state index contributed by atoms with van der Waals surface area (Å²) in [5, 5.41) is 16.3. The molecule has 0 unspecified atom stereocenters. The molecule has 2 N–H and O–H groups in total. The fourth-order valence-corrected chi connectivity index (χ4v) is 3.10. The second kappa shape index (κ2) is 6.81. The van der Waals surface area contributed by atoms with Crippen molar-refractivity contribution in [3.8, 4) is 5.69 Å². The number of anilines is 1. The Morgan fingerprint density at radius 3 is 2.80 bits per heavy atom. The van der Waals surface area contributed by atoms with E-state index in [1.54, 1.807) is 0 Å². The summed E-state index contributed by atoms with van der Waals surface area (Å²) < 4.78 is 2.06. The molecule has 0 radical (unpaired) electrons. The van der Waals surface area contributed by atoms with Crippen molar-refractivity contribution in [1.82, 2.24) is 20.0 Å². The van der Waals surface area contributed by atoms with Crippen molar-refractivity contribution in [2.24, 2.45) is 0 Å². The van der Waals surface area contributed by atoms with Gasteiger partial charge < -0.3 is 5.32 Å². The van der Waals surface area contributed by atoms with Crippen molar-refractivity contribution in [1.29, 1.82) is 0 Å². The number of hydrogen-bond donors (Lipinski definition) is 2. The van der Waals surface area contributed by atoms with E-state index in [0.29, 0.717) is 0 Å². The number of aromatic nitrogens is 4. The maximum atomic E-state index is 4.62. The normalized spacial score (nSPS) is 11.1. The smallest absolute Gasteiger partial charge is 0.0651 e. The highest BCUT2D eigenvalue weighted by molar-refractivity contribution is 5.81. The Labute approximate surface area is 146 Å². The van der Waals surface area contributed by atoms with Crippen LogP contribution in [-0.4, -0.2) is 20.0 Å². The van der Waals surface area contributed by atoms with Gasteiger partial charge in [0.1, 0.15) is 0 Å². The highest BCUT2D eigenvalue weighted by atomic mass is 15.3. The zero-order valence-electron chi connectivity index (χ0n) is 14.2. The molecule has 126 valence electrons. The lowest BCUT2D eigenvalue weighted by Gasteiger charge is -2.10. The van der Waals surface area contributed by atoms with E-state index in [-0.39, 0.29) is 0 Å². The number of nitrogens with one attached hydrogen (secondary N) is 2. The first-order valence-electron chi connectivity index (χ1n) is 8.63. The van der Waals surface area contributed by atoms with Gasteiger partial charge in [-0.25, -0.2) is 4.68 Å². The minimum absolute atomic E-state index is 0.755. The lowest BCUT2D eigenvalue weighted by molar-refractivity contribution is 0.769. The molecule has 0 saturated carbocycles. The van der Waals surface area contributed by atoms with Gasteiger partial charge in [0, 0.05) is 28.9 Å². The molecule has 0 aliphatic rings. The number of aromatic amines is 1. The van der Waals surface area contributed by atoms with Crippen LogP contribution >= 0.6 is 0 Å². The molecule has 25 heavy (non-hydrogen) atoms. The molecule has 0 fully saturated rings. The minimum atomic E-state index is 0.755. The van der Waals surface area contributed by atoms with Crippen LogP contribution in [0.25, 0.3) is 16.6 Å². The third-order valence-corrected chi connectivity index (χ3v) is 4.37. The molecule has 4 aromatic rings. The molecule has 2 aromatic heterocycles. The van der Waals surface area contributed by atoms with E-state index in [1.807, 2.05) is 36.7 Å². The van der Waals surface area contributed by atoms with E-state index in [2.05, 4.69) is 56.5 Å². The number of hydrogen-bond acceptors (Lipinski definition) is 3. The Morgan fingerprint density at radius 2 is 1.96 bits per heavy atom. The SMILES string of the molecule is CCCc1c(CNc2ccc3[nH]ncc3c2)cnn1-c1ccccc1. The van der Waals surface area contributed by atoms with Crippen molar-refractivity contribution < 1.29 is 0 Å². The molecule has 0 spiro atoms. The molecule has 2 heterocycles. The Hall–Kier alpha value is -3.08. The van der Waals surface area contributed by atoms with Crippen molar-refractivity contribution in [2.45, 2.75) is 26.3 Å². The summed E-state index contributed by atoms with van der Waals surface area (Å²) in [4.78, 5) is 0. The van der Waals surface area contributed by atoms with Gasteiger partial charge in [0.05, 0.1) is 23.6 Å². The molecule has 0 aliphatic carbocycles. The summed E-state index contributed by atoms with van der Waals surface area (Å²) in [5.74, 6) is 0. The van der Waals surface area contributed by atoms with Crippen molar-refractivity contribution >= 4 is 16.6 Å². The first kappa shape index (κ1) is 15.4. The molecule has 4 rings (SSSR count). The second-order valence-electron chi connectivity index (χ2n) is 6.14. The Bertz CT molecular complexity index is 968. The Kier molecular flexibility index (Phi) is 4.21. The molecule has 0 atom stereocenters. The fraction of sp³-hybridized carbons (Fsp3) is 0.200. The van der Waals surface area contributed by atoms with Crippen LogP contribution in [0.5, 0.6) is 0 Å². The van der Waals surface area contributed by atoms with E-state index in [0.717, 1.165) is 41.7 Å². The van der Waals surface area contributed by atoms with Gasteiger partial charge in [-0.05, 0) is 36.8 Å². The Morgan fingerprint density at radius 1 is 1.08 bits per heavy atom. The molecule has 0 saturated heterocycles. The molecule has 2 aromatic carbocycles. The molecule has 0 aliphatic heterocycles.